The van der Waals surface area contributed by atoms with Crippen LogP contribution in [-0.4, -0.2) is 15.8 Å². The number of Topliss-reactive ketones (excluding diaryl/α,β-unsaturated/α-hetero) is 1. The molecule has 0 radical (unpaired) electrons. The van der Waals surface area contributed by atoms with E-state index in [0.29, 0.717) is 40.9 Å². The van der Waals surface area contributed by atoms with Crippen LogP contribution in [-0.2, 0) is 11.2 Å². The van der Waals surface area contributed by atoms with Crippen LogP contribution in [0.5, 0.6) is 11.5 Å². The maximum Gasteiger partial charge on any atom is 0.288 e. The van der Waals surface area contributed by atoms with Crippen molar-refractivity contribution in [1.29, 1.82) is 0 Å². The van der Waals surface area contributed by atoms with Gasteiger partial charge < -0.3 is 9.84 Å². The number of carbonyl (C=O) groups is 1. The highest BCUT2D eigenvalue weighted by Crippen LogP contribution is 2.57. The molecule has 0 aliphatic heterocycles. The standard InChI is InChI=1S/C25H24ClNO5/c1-2-13-7-8-16(32-17-9-10-20(27(30)31)19(26)12-17)11-18(13)23-24(28)21-14-3-4-15(6-5-14)22(21)25(23)29/h7-12,14-15,21-22,28H,2-6H2,1H3. The second kappa shape index (κ2) is 7.93. The second-order valence-electron chi connectivity index (χ2n) is 9.00. The zero-order valence-corrected chi connectivity index (χ0v) is 18.5. The van der Waals surface area contributed by atoms with Gasteiger partial charge in [-0.3, -0.25) is 14.9 Å². The Bertz CT molecular complexity index is 1150. The first kappa shape index (κ1) is 21.0. The van der Waals surface area contributed by atoms with Crippen LogP contribution in [0.15, 0.2) is 42.2 Å². The lowest BCUT2D eigenvalue weighted by molar-refractivity contribution is -0.384. The Kier molecular flexibility index (Phi) is 5.20. The average molecular weight is 454 g/mol. The molecule has 7 heteroatoms. The fourth-order valence-electron chi connectivity index (χ4n) is 5.95. The van der Waals surface area contributed by atoms with Gasteiger partial charge in [-0.2, -0.15) is 0 Å². The van der Waals surface area contributed by atoms with Gasteiger partial charge in [0.2, 0.25) is 0 Å². The molecule has 2 unspecified atom stereocenters. The summed E-state index contributed by atoms with van der Waals surface area (Å²) in [5.41, 5.74) is 1.95. The Balaban J connectivity index is 1.51. The highest BCUT2D eigenvalue weighted by molar-refractivity contribution is 6.32. The largest absolute Gasteiger partial charge is 0.511 e. The quantitative estimate of drug-likeness (QED) is 0.411. The van der Waals surface area contributed by atoms with E-state index in [-0.39, 0.29) is 34.1 Å². The van der Waals surface area contributed by atoms with Gasteiger partial charge in [0.15, 0.2) is 5.78 Å². The number of hydrogen-bond acceptors (Lipinski definition) is 5. The van der Waals surface area contributed by atoms with E-state index >= 15 is 0 Å². The summed E-state index contributed by atoms with van der Waals surface area (Å²) in [5.74, 6) is 1.76. The summed E-state index contributed by atoms with van der Waals surface area (Å²) in [5, 5.41) is 22.2. The summed E-state index contributed by atoms with van der Waals surface area (Å²) in [6.07, 6.45) is 5.03. The molecule has 0 spiro atoms. The van der Waals surface area contributed by atoms with Gasteiger partial charge in [0.05, 0.1) is 10.5 Å². The van der Waals surface area contributed by atoms with Crippen LogP contribution in [0, 0.1) is 33.8 Å². The first-order valence-corrected chi connectivity index (χ1v) is 11.5. The molecule has 2 aromatic carbocycles. The number of nitro benzene ring substituents is 1. The number of nitro groups is 1. The highest BCUT2D eigenvalue weighted by atomic mass is 35.5. The van der Waals surface area contributed by atoms with E-state index in [9.17, 15) is 20.0 Å². The van der Waals surface area contributed by atoms with Crippen molar-refractivity contribution in [2.24, 2.45) is 23.7 Å². The number of allylic oxidation sites excluding steroid dienone is 2. The van der Waals surface area contributed by atoms with Gasteiger partial charge in [-0.15, -0.1) is 0 Å². The smallest absolute Gasteiger partial charge is 0.288 e. The molecule has 166 valence electrons. The number of aryl methyl sites for hydroxylation is 1. The van der Waals surface area contributed by atoms with Crippen LogP contribution in [0.3, 0.4) is 0 Å². The van der Waals surface area contributed by atoms with E-state index in [1.807, 2.05) is 13.0 Å². The molecule has 0 aromatic heterocycles. The molecule has 32 heavy (non-hydrogen) atoms. The second-order valence-corrected chi connectivity index (χ2v) is 9.40. The van der Waals surface area contributed by atoms with Gasteiger partial charge >= 0.3 is 0 Å². The normalized spacial score (nSPS) is 26.4. The van der Waals surface area contributed by atoms with Gasteiger partial charge in [0, 0.05) is 24.0 Å². The summed E-state index contributed by atoms with van der Waals surface area (Å²) >= 11 is 6.01. The molecule has 3 saturated carbocycles. The van der Waals surface area contributed by atoms with Crippen LogP contribution in [0.25, 0.3) is 5.57 Å². The van der Waals surface area contributed by atoms with Gasteiger partial charge in [-0.25, -0.2) is 0 Å². The molecule has 2 bridgehead atoms. The summed E-state index contributed by atoms with van der Waals surface area (Å²) < 4.78 is 5.91. The molecule has 3 fully saturated rings. The van der Waals surface area contributed by atoms with E-state index < -0.39 is 4.92 Å². The SMILES string of the molecule is CCc1ccc(Oc2ccc([N+](=O)[O-])c(Cl)c2)cc1C1=C(O)C2C3CCC(CC3)C2C1=O. The number of halogens is 1. The number of ether oxygens (including phenoxy) is 1. The molecule has 0 saturated heterocycles. The van der Waals surface area contributed by atoms with E-state index in [4.69, 9.17) is 16.3 Å². The number of rotatable bonds is 5. The molecule has 6 rings (SSSR count). The minimum Gasteiger partial charge on any atom is -0.511 e. The Morgan fingerprint density at radius 2 is 1.69 bits per heavy atom. The Morgan fingerprint density at radius 1 is 1.06 bits per heavy atom. The van der Waals surface area contributed by atoms with Crippen molar-refractivity contribution in [3.05, 3.63) is 68.4 Å². The number of nitrogens with zero attached hydrogens (tertiary/aromatic N) is 1. The third-order valence-corrected chi connectivity index (χ3v) is 7.73. The summed E-state index contributed by atoms with van der Waals surface area (Å²) in [6.45, 7) is 2.02. The maximum absolute atomic E-state index is 13.5. The third kappa shape index (κ3) is 3.28. The minimum absolute atomic E-state index is 0.0104. The first-order chi connectivity index (χ1) is 15.4. The summed E-state index contributed by atoms with van der Waals surface area (Å²) in [7, 11) is 0. The molecule has 1 N–H and O–H groups in total. The van der Waals surface area contributed by atoms with Crippen LogP contribution in [0.2, 0.25) is 5.02 Å². The predicted octanol–water partition coefficient (Wildman–Crippen LogP) is 6.51. The van der Waals surface area contributed by atoms with Gasteiger partial charge in [0.1, 0.15) is 22.3 Å². The molecule has 2 atom stereocenters. The monoisotopic (exact) mass is 453 g/mol. The summed E-state index contributed by atoms with van der Waals surface area (Å²) in [6, 6.07) is 9.68. The zero-order chi connectivity index (χ0) is 22.6. The number of carbonyl (C=O) groups excluding carboxylic acids is 1. The van der Waals surface area contributed by atoms with E-state index in [1.165, 1.54) is 18.2 Å². The molecule has 0 heterocycles. The lowest BCUT2D eigenvalue weighted by Crippen LogP contribution is -2.41. The van der Waals surface area contributed by atoms with Crippen LogP contribution in [0.4, 0.5) is 5.69 Å². The Morgan fingerprint density at radius 3 is 2.28 bits per heavy atom. The van der Waals surface area contributed by atoms with Gasteiger partial charge in [-0.05, 0) is 73.3 Å². The number of ketones is 1. The molecular formula is C25H24ClNO5. The Labute approximate surface area is 191 Å². The van der Waals surface area contributed by atoms with Crippen LogP contribution < -0.4 is 4.74 Å². The molecule has 4 aliphatic rings. The molecule has 2 aromatic rings. The minimum atomic E-state index is -0.548. The van der Waals surface area contributed by atoms with Crippen LogP contribution >= 0.6 is 11.6 Å². The number of fused-ring (bicyclic) bond motifs is 2. The van der Waals surface area contributed by atoms with E-state index in [1.54, 1.807) is 12.1 Å². The highest BCUT2D eigenvalue weighted by Gasteiger charge is 2.54. The third-order valence-electron chi connectivity index (χ3n) is 7.42. The number of benzene rings is 2. The van der Waals surface area contributed by atoms with Crippen molar-refractivity contribution in [2.45, 2.75) is 39.0 Å². The van der Waals surface area contributed by atoms with Crippen molar-refractivity contribution in [1.82, 2.24) is 0 Å². The van der Waals surface area contributed by atoms with Crippen molar-refractivity contribution in [2.75, 3.05) is 0 Å². The summed E-state index contributed by atoms with van der Waals surface area (Å²) in [4.78, 5) is 23.9. The fourth-order valence-corrected chi connectivity index (χ4v) is 6.19. The molecule has 0 amide bonds. The van der Waals surface area contributed by atoms with E-state index in [2.05, 4.69) is 0 Å². The average Bonchev–Trinajstić information content (AvgIpc) is 3.06. The Hall–Kier alpha value is -2.86. The van der Waals surface area contributed by atoms with Crippen molar-refractivity contribution in [3.63, 3.8) is 0 Å². The zero-order valence-electron chi connectivity index (χ0n) is 17.7. The topological polar surface area (TPSA) is 89.7 Å². The lowest BCUT2D eigenvalue weighted by atomic mass is 9.59. The number of aliphatic hydroxyl groups excluding tert-OH is 1. The number of hydrogen-bond donors (Lipinski definition) is 1. The van der Waals surface area contributed by atoms with Crippen molar-refractivity contribution >= 4 is 28.6 Å². The van der Waals surface area contributed by atoms with Crippen molar-refractivity contribution < 1.29 is 19.6 Å². The molecule has 4 aliphatic carbocycles. The predicted molar refractivity (Wildman–Crippen MR) is 121 cm³/mol. The first-order valence-electron chi connectivity index (χ1n) is 11.1. The molecular weight excluding hydrogens is 430 g/mol. The molecule has 6 nitrogen and oxygen atoms in total. The van der Waals surface area contributed by atoms with Gasteiger partial charge in [-0.1, -0.05) is 24.6 Å². The maximum atomic E-state index is 13.5. The van der Waals surface area contributed by atoms with Gasteiger partial charge in [0.25, 0.3) is 5.69 Å². The number of aliphatic hydroxyl groups is 1. The van der Waals surface area contributed by atoms with Crippen molar-refractivity contribution in [3.8, 4) is 11.5 Å². The fraction of sp³-hybridized carbons (Fsp3) is 0.400. The van der Waals surface area contributed by atoms with E-state index in [0.717, 1.165) is 31.2 Å². The lowest BCUT2D eigenvalue weighted by Gasteiger charge is -2.44. The van der Waals surface area contributed by atoms with Crippen LogP contribution in [0.1, 0.15) is 43.7 Å².